The quantitative estimate of drug-likeness (QED) is 0.617. The molecule has 1 unspecified atom stereocenters. The van der Waals surface area contributed by atoms with Gasteiger partial charge in [-0.2, -0.15) is 0 Å². The minimum Gasteiger partial charge on any atom is -0.370 e. The van der Waals surface area contributed by atoms with Crippen LogP contribution in [0.25, 0.3) is 0 Å². The molecule has 1 aromatic rings. The summed E-state index contributed by atoms with van der Waals surface area (Å²) in [6, 6.07) is 8.83. The molecule has 136 valence electrons. The summed E-state index contributed by atoms with van der Waals surface area (Å²) in [5.74, 6) is 0.406. The number of guanidine groups is 1. The zero-order valence-electron chi connectivity index (χ0n) is 15.1. The molecule has 0 bridgehead atoms. The van der Waals surface area contributed by atoms with Crippen LogP contribution in [0.4, 0.5) is 0 Å². The Kier molecular flexibility index (Phi) is 5.91. The van der Waals surface area contributed by atoms with Gasteiger partial charge < -0.3 is 16.0 Å². The van der Waals surface area contributed by atoms with Crippen LogP contribution in [0, 0.1) is 0 Å². The number of aliphatic imine (C=N–C) groups is 1. The van der Waals surface area contributed by atoms with Crippen molar-refractivity contribution >= 4 is 11.9 Å². The van der Waals surface area contributed by atoms with Gasteiger partial charge in [-0.3, -0.25) is 9.69 Å². The summed E-state index contributed by atoms with van der Waals surface area (Å²) in [6.45, 7) is 6.76. The zero-order chi connectivity index (χ0) is 17.6. The molecule has 6 heteroatoms. The van der Waals surface area contributed by atoms with E-state index in [4.69, 9.17) is 5.73 Å². The van der Waals surface area contributed by atoms with E-state index >= 15 is 0 Å². The first-order chi connectivity index (χ1) is 12.2. The first-order valence-corrected chi connectivity index (χ1v) is 9.29. The lowest BCUT2D eigenvalue weighted by Gasteiger charge is -2.28. The Balaban J connectivity index is 1.46. The fourth-order valence-corrected chi connectivity index (χ4v) is 3.78. The fraction of sp³-hybridized carbons (Fsp3) is 0.579. The average molecular weight is 343 g/mol. The highest BCUT2D eigenvalue weighted by Crippen LogP contribution is 2.18. The van der Waals surface area contributed by atoms with Crippen LogP contribution in [-0.2, 0) is 17.8 Å². The molecule has 1 saturated heterocycles. The number of carbonyl (C=O) groups excluding carboxylic acids is 1. The van der Waals surface area contributed by atoms with Gasteiger partial charge in [0, 0.05) is 25.7 Å². The van der Waals surface area contributed by atoms with Gasteiger partial charge in [-0.15, -0.1) is 0 Å². The van der Waals surface area contributed by atoms with E-state index in [2.05, 4.69) is 40.3 Å². The number of fused-ring (bicyclic) bond motifs is 1. The van der Waals surface area contributed by atoms with Gasteiger partial charge in [0.1, 0.15) is 6.54 Å². The number of likely N-dealkylation sites (N-methyl/N-ethyl adjacent to an activating group) is 1. The average Bonchev–Trinajstić information content (AvgIpc) is 3.11. The lowest BCUT2D eigenvalue weighted by atomic mass is 10.00. The van der Waals surface area contributed by atoms with Crippen LogP contribution in [0.3, 0.4) is 0 Å². The number of carbonyl (C=O) groups is 1. The molecule has 0 radical (unpaired) electrons. The molecule has 1 fully saturated rings. The first kappa shape index (κ1) is 17.7. The maximum atomic E-state index is 12.4. The van der Waals surface area contributed by atoms with Gasteiger partial charge in [-0.25, -0.2) is 4.99 Å². The molecule has 3 N–H and O–H groups in total. The van der Waals surface area contributed by atoms with Gasteiger partial charge in [0.25, 0.3) is 0 Å². The maximum Gasteiger partial charge on any atom is 0.244 e. The lowest BCUT2D eigenvalue weighted by molar-refractivity contribution is -0.130. The minimum atomic E-state index is 0.0373. The molecule has 3 rings (SSSR count). The highest BCUT2D eigenvalue weighted by Gasteiger charge is 2.23. The highest BCUT2D eigenvalue weighted by atomic mass is 16.2. The number of nitrogens with two attached hydrogens (primary N) is 1. The molecule has 2 heterocycles. The Hall–Kier alpha value is -2.08. The van der Waals surface area contributed by atoms with Crippen LogP contribution in [0.2, 0.25) is 0 Å². The van der Waals surface area contributed by atoms with Crippen molar-refractivity contribution in [1.29, 1.82) is 0 Å². The Morgan fingerprint density at radius 2 is 2.12 bits per heavy atom. The normalized spacial score (nSPS) is 21.2. The first-order valence-electron chi connectivity index (χ1n) is 9.29. The molecule has 1 atom stereocenters. The van der Waals surface area contributed by atoms with E-state index in [0.29, 0.717) is 18.5 Å². The van der Waals surface area contributed by atoms with E-state index in [1.54, 1.807) is 0 Å². The number of benzene rings is 1. The monoisotopic (exact) mass is 343 g/mol. The molecule has 25 heavy (non-hydrogen) atoms. The SMILES string of the molecule is CCN1CCCC1CNC(N)=NCC(=O)N1CCc2ccccc2C1. The van der Waals surface area contributed by atoms with Crippen molar-refractivity contribution in [3.8, 4) is 0 Å². The van der Waals surface area contributed by atoms with Crippen molar-refractivity contribution in [3.63, 3.8) is 0 Å². The second-order valence-corrected chi connectivity index (χ2v) is 6.84. The van der Waals surface area contributed by atoms with Crippen molar-refractivity contribution in [3.05, 3.63) is 35.4 Å². The topological polar surface area (TPSA) is 74.0 Å². The standard InChI is InChI=1S/C19H29N5O/c1-2-23-10-5-8-17(23)12-21-19(20)22-13-18(25)24-11-9-15-6-3-4-7-16(15)14-24/h3-4,6-7,17H,2,5,8-14H2,1H3,(H3,20,21,22). The predicted octanol–water partition coefficient (Wildman–Crippen LogP) is 0.960. The fourth-order valence-electron chi connectivity index (χ4n) is 3.78. The van der Waals surface area contributed by atoms with Crippen molar-refractivity contribution < 1.29 is 4.79 Å². The van der Waals surface area contributed by atoms with Crippen LogP contribution in [0.5, 0.6) is 0 Å². The molecule has 6 nitrogen and oxygen atoms in total. The van der Waals surface area contributed by atoms with Gasteiger partial charge in [0.2, 0.25) is 5.91 Å². The van der Waals surface area contributed by atoms with Crippen molar-refractivity contribution in [2.45, 2.75) is 38.8 Å². The van der Waals surface area contributed by atoms with Gasteiger partial charge in [0.15, 0.2) is 5.96 Å². The van der Waals surface area contributed by atoms with Crippen LogP contribution in [-0.4, -0.2) is 60.4 Å². The molecular weight excluding hydrogens is 314 g/mol. The number of rotatable bonds is 5. The zero-order valence-corrected chi connectivity index (χ0v) is 15.1. The molecule has 2 aliphatic heterocycles. The van der Waals surface area contributed by atoms with E-state index in [1.807, 2.05) is 11.0 Å². The summed E-state index contributed by atoms with van der Waals surface area (Å²) in [5, 5.41) is 3.18. The third-order valence-corrected chi connectivity index (χ3v) is 5.29. The maximum absolute atomic E-state index is 12.4. The summed E-state index contributed by atoms with van der Waals surface area (Å²) in [4.78, 5) is 21.0. The van der Waals surface area contributed by atoms with Crippen molar-refractivity contribution in [2.24, 2.45) is 10.7 Å². The number of amides is 1. The summed E-state index contributed by atoms with van der Waals surface area (Å²) in [7, 11) is 0. The molecule has 1 amide bonds. The van der Waals surface area contributed by atoms with Gasteiger partial charge in [-0.1, -0.05) is 31.2 Å². The number of hydrogen-bond acceptors (Lipinski definition) is 3. The molecule has 2 aliphatic rings. The predicted molar refractivity (Wildman–Crippen MR) is 100 cm³/mol. The Labute approximate surface area is 150 Å². The molecule has 0 aliphatic carbocycles. The minimum absolute atomic E-state index is 0.0373. The van der Waals surface area contributed by atoms with Crippen molar-refractivity contribution in [1.82, 2.24) is 15.1 Å². The highest BCUT2D eigenvalue weighted by molar-refractivity contribution is 5.84. The molecule has 1 aromatic carbocycles. The summed E-state index contributed by atoms with van der Waals surface area (Å²) in [6.07, 6.45) is 3.35. The second kappa shape index (κ2) is 8.34. The lowest BCUT2D eigenvalue weighted by Crippen LogP contribution is -2.43. The Morgan fingerprint density at radius 3 is 2.92 bits per heavy atom. The van der Waals surface area contributed by atoms with E-state index < -0.39 is 0 Å². The van der Waals surface area contributed by atoms with Gasteiger partial charge in [-0.05, 0) is 43.5 Å². The number of hydrogen-bond donors (Lipinski definition) is 2. The van der Waals surface area contributed by atoms with Crippen molar-refractivity contribution in [2.75, 3.05) is 32.7 Å². The summed E-state index contributed by atoms with van der Waals surface area (Å²) in [5.41, 5.74) is 8.52. The number of likely N-dealkylation sites (tertiary alicyclic amines) is 1. The molecular formula is C19H29N5O. The van der Waals surface area contributed by atoms with Crippen LogP contribution >= 0.6 is 0 Å². The van der Waals surface area contributed by atoms with Gasteiger partial charge in [0.05, 0.1) is 0 Å². The van der Waals surface area contributed by atoms with Crippen LogP contribution < -0.4 is 11.1 Å². The smallest absolute Gasteiger partial charge is 0.244 e. The van der Waals surface area contributed by atoms with Crippen LogP contribution in [0.15, 0.2) is 29.3 Å². The summed E-state index contributed by atoms with van der Waals surface area (Å²) < 4.78 is 0. The Bertz CT molecular complexity index is 630. The molecule has 0 aromatic heterocycles. The number of nitrogens with zero attached hydrogens (tertiary/aromatic N) is 3. The third-order valence-electron chi connectivity index (χ3n) is 5.29. The number of nitrogens with one attached hydrogen (secondary N) is 1. The van der Waals surface area contributed by atoms with E-state index in [0.717, 1.165) is 32.6 Å². The van der Waals surface area contributed by atoms with Gasteiger partial charge >= 0.3 is 0 Å². The largest absolute Gasteiger partial charge is 0.370 e. The third kappa shape index (κ3) is 4.51. The van der Waals surface area contributed by atoms with E-state index in [1.165, 1.54) is 24.0 Å². The van der Waals surface area contributed by atoms with E-state index in [-0.39, 0.29) is 12.5 Å². The summed E-state index contributed by atoms with van der Waals surface area (Å²) >= 11 is 0. The molecule has 0 saturated carbocycles. The van der Waals surface area contributed by atoms with Crippen LogP contribution in [0.1, 0.15) is 30.9 Å². The van der Waals surface area contributed by atoms with E-state index in [9.17, 15) is 4.79 Å². The Morgan fingerprint density at radius 1 is 1.32 bits per heavy atom. The molecule has 0 spiro atoms. The second-order valence-electron chi connectivity index (χ2n) is 6.84.